The molecule has 0 heterocycles. The molecule has 1 N–H and O–H groups in total. The summed E-state index contributed by atoms with van der Waals surface area (Å²) in [5.41, 5.74) is 0. The SMILES string of the molecule is CC(Oc1ccc(Cl)cc1)C(=O)NCCN(C)C#N. The van der Waals surface area contributed by atoms with E-state index < -0.39 is 6.10 Å². The van der Waals surface area contributed by atoms with Gasteiger partial charge in [-0.3, -0.25) is 4.79 Å². The third kappa shape index (κ3) is 5.49. The second kappa shape index (κ2) is 7.49. The molecule has 1 aromatic rings. The molecular formula is C13H16ClN3O2. The number of halogens is 1. The van der Waals surface area contributed by atoms with Gasteiger partial charge in [0, 0.05) is 25.2 Å². The summed E-state index contributed by atoms with van der Waals surface area (Å²) in [5, 5.41) is 11.9. The van der Waals surface area contributed by atoms with E-state index >= 15 is 0 Å². The summed E-state index contributed by atoms with van der Waals surface area (Å²) < 4.78 is 5.47. The van der Waals surface area contributed by atoms with E-state index in [4.69, 9.17) is 21.6 Å². The zero-order valence-electron chi connectivity index (χ0n) is 10.9. The fourth-order valence-electron chi connectivity index (χ4n) is 1.31. The summed E-state index contributed by atoms with van der Waals surface area (Å²) in [7, 11) is 1.65. The van der Waals surface area contributed by atoms with Gasteiger partial charge in [-0.25, -0.2) is 0 Å². The third-order valence-electron chi connectivity index (χ3n) is 2.41. The molecule has 0 aliphatic rings. The Morgan fingerprint density at radius 2 is 2.16 bits per heavy atom. The van der Waals surface area contributed by atoms with Crippen molar-refractivity contribution in [2.24, 2.45) is 0 Å². The number of rotatable bonds is 6. The van der Waals surface area contributed by atoms with E-state index in [1.165, 1.54) is 4.90 Å². The first-order valence-corrected chi connectivity index (χ1v) is 6.21. The van der Waals surface area contributed by atoms with Crippen LogP contribution in [0.4, 0.5) is 0 Å². The molecule has 5 nitrogen and oxygen atoms in total. The van der Waals surface area contributed by atoms with E-state index in [2.05, 4.69) is 5.32 Å². The Labute approximate surface area is 117 Å². The van der Waals surface area contributed by atoms with Gasteiger partial charge < -0.3 is 15.0 Å². The Hall–Kier alpha value is -1.93. The lowest BCUT2D eigenvalue weighted by Crippen LogP contribution is -2.39. The van der Waals surface area contributed by atoms with Crippen molar-refractivity contribution >= 4 is 17.5 Å². The van der Waals surface area contributed by atoms with Gasteiger partial charge >= 0.3 is 0 Å². The lowest BCUT2D eigenvalue weighted by molar-refractivity contribution is -0.127. The molecule has 1 amide bonds. The van der Waals surface area contributed by atoms with Crippen LogP contribution in [0.3, 0.4) is 0 Å². The molecule has 0 saturated heterocycles. The number of hydrogen-bond donors (Lipinski definition) is 1. The quantitative estimate of drug-likeness (QED) is 0.636. The van der Waals surface area contributed by atoms with Crippen LogP contribution in [-0.4, -0.2) is 37.0 Å². The zero-order valence-corrected chi connectivity index (χ0v) is 11.6. The van der Waals surface area contributed by atoms with E-state index in [9.17, 15) is 4.79 Å². The number of nitriles is 1. The molecule has 1 unspecified atom stereocenters. The minimum absolute atomic E-state index is 0.221. The summed E-state index contributed by atoms with van der Waals surface area (Å²) in [5.74, 6) is 0.363. The molecule has 1 rings (SSSR count). The Bertz CT molecular complexity index is 456. The monoisotopic (exact) mass is 281 g/mol. The Morgan fingerprint density at radius 3 is 2.74 bits per heavy atom. The Morgan fingerprint density at radius 1 is 1.53 bits per heavy atom. The highest BCUT2D eigenvalue weighted by molar-refractivity contribution is 6.30. The van der Waals surface area contributed by atoms with Gasteiger partial charge in [0.05, 0.1) is 0 Å². The molecule has 1 atom stereocenters. The maximum Gasteiger partial charge on any atom is 0.260 e. The topological polar surface area (TPSA) is 65.4 Å². The van der Waals surface area contributed by atoms with Crippen LogP contribution in [-0.2, 0) is 4.79 Å². The Balaban J connectivity index is 2.36. The number of nitrogens with one attached hydrogen (secondary N) is 1. The summed E-state index contributed by atoms with van der Waals surface area (Å²) in [6.07, 6.45) is 1.35. The summed E-state index contributed by atoms with van der Waals surface area (Å²) in [6.45, 7) is 2.53. The first-order chi connectivity index (χ1) is 9.02. The number of benzene rings is 1. The van der Waals surface area contributed by atoms with Gasteiger partial charge in [-0.2, -0.15) is 5.26 Å². The van der Waals surface area contributed by atoms with Crippen molar-refractivity contribution in [1.82, 2.24) is 10.2 Å². The molecule has 0 saturated carbocycles. The number of nitrogens with zero attached hydrogens (tertiary/aromatic N) is 2. The zero-order chi connectivity index (χ0) is 14.3. The minimum atomic E-state index is -0.603. The molecule has 102 valence electrons. The fourth-order valence-corrected chi connectivity index (χ4v) is 1.44. The number of likely N-dealkylation sites (N-methyl/N-ethyl adjacent to an activating group) is 1. The van der Waals surface area contributed by atoms with Crippen LogP contribution in [0.1, 0.15) is 6.92 Å². The van der Waals surface area contributed by atoms with E-state index in [1.54, 1.807) is 38.2 Å². The van der Waals surface area contributed by atoms with Crippen LogP contribution in [0.15, 0.2) is 24.3 Å². The van der Waals surface area contributed by atoms with Gasteiger partial charge in [0.15, 0.2) is 12.3 Å². The predicted molar refractivity (Wildman–Crippen MR) is 72.8 cm³/mol. The highest BCUT2D eigenvalue weighted by Crippen LogP contribution is 2.16. The van der Waals surface area contributed by atoms with E-state index in [-0.39, 0.29) is 5.91 Å². The molecule has 0 radical (unpaired) electrons. The van der Waals surface area contributed by atoms with Crippen molar-refractivity contribution in [2.75, 3.05) is 20.1 Å². The van der Waals surface area contributed by atoms with Gasteiger partial charge in [0.2, 0.25) is 0 Å². The van der Waals surface area contributed by atoms with Crippen molar-refractivity contribution in [2.45, 2.75) is 13.0 Å². The molecule has 19 heavy (non-hydrogen) atoms. The average Bonchev–Trinajstić information content (AvgIpc) is 2.40. The van der Waals surface area contributed by atoms with Crippen molar-refractivity contribution in [3.8, 4) is 11.9 Å². The molecule has 0 fully saturated rings. The van der Waals surface area contributed by atoms with E-state index in [0.29, 0.717) is 23.9 Å². The van der Waals surface area contributed by atoms with Crippen LogP contribution in [0.2, 0.25) is 5.02 Å². The predicted octanol–water partition coefficient (Wildman–Crippen LogP) is 1.64. The van der Waals surface area contributed by atoms with Crippen molar-refractivity contribution in [3.05, 3.63) is 29.3 Å². The highest BCUT2D eigenvalue weighted by atomic mass is 35.5. The first-order valence-electron chi connectivity index (χ1n) is 5.83. The lowest BCUT2D eigenvalue weighted by Gasteiger charge is -2.15. The second-order valence-electron chi connectivity index (χ2n) is 4.03. The number of ether oxygens (including phenoxy) is 1. The van der Waals surface area contributed by atoms with Crippen molar-refractivity contribution in [3.63, 3.8) is 0 Å². The molecule has 1 aromatic carbocycles. The van der Waals surface area contributed by atoms with Crippen molar-refractivity contribution < 1.29 is 9.53 Å². The molecule has 0 bridgehead atoms. The lowest BCUT2D eigenvalue weighted by atomic mass is 10.3. The van der Waals surface area contributed by atoms with Gasteiger partial charge in [-0.1, -0.05) is 11.6 Å². The molecule has 0 spiro atoms. The normalized spacial score (nSPS) is 11.3. The Kier molecular flexibility index (Phi) is 5.97. The smallest absolute Gasteiger partial charge is 0.260 e. The minimum Gasteiger partial charge on any atom is -0.481 e. The summed E-state index contributed by atoms with van der Waals surface area (Å²) in [6, 6.07) is 6.80. The molecule has 0 aliphatic heterocycles. The van der Waals surface area contributed by atoms with E-state index in [1.807, 2.05) is 6.19 Å². The van der Waals surface area contributed by atoms with Crippen LogP contribution < -0.4 is 10.1 Å². The molecular weight excluding hydrogens is 266 g/mol. The fraction of sp³-hybridized carbons (Fsp3) is 0.385. The standard InChI is InChI=1S/C13H16ClN3O2/c1-10(13(18)16-7-8-17(2)9-15)19-12-5-3-11(14)4-6-12/h3-6,10H,7-8H2,1-2H3,(H,16,18). The van der Waals surface area contributed by atoms with Gasteiger partial charge in [0.1, 0.15) is 5.75 Å². The van der Waals surface area contributed by atoms with Crippen LogP contribution in [0, 0.1) is 11.5 Å². The van der Waals surface area contributed by atoms with Crippen LogP contribution in [0.5, 0.6) is 5.75 Å². The number of hydrogen-bond acceptors (Lipinski definition) is 4. The van der Waals surface area contributed by atoms with E-state index in [0.717, 1.165) is 0 Å². The number of amides is 1. The molecule has 6 heteroatoms. The van der Waals surface area contributed by atoms with Crippen LogP contribution >= 0.6 is 11.6 Å². The first kappa shape index (κ1) is 15.1. The number of carbonyl (C=O) groups excluding carboxylic acids is 1. The molecule has 0 aromatic heterocycles. The summed E-state index contributed by atoms with van der Waals surface area (Å²) in [4.78, 5) is 13.2. The largest absolute Gasteiger partial charge is 0.481 e. The third-order valence-corrected chi connectivity index (χ3v) is 2.66. The maximum atomic E-state index is 11.7. The number of carbonyl (C=O) groups is 1. The summed E-state index contributed by atoms with van der Waals surface area (Å²) >= 11 is 5.76. The van der Waals surface area contributed by atoms with Gasteiger partial charge in [-0.15, -0.1) is 0 Å². The van der Waals surface area contributed by atoms with Gasteiger partial charge in [-0.05, 0) is 31.2 Å². The highest BCUT2D eigenvalue weighted by Gasteiger charge is 2.14. The van der Waals surface area contributed by atoms with Gasteiger partial charge in [0.25, 0.3) is 5.91 Å². The maximum absolute atomic E-state index is 11.7. The second-order valence-corrected chi connectivity index (χ2v) is 4.46. The average molecular weight is 282 g/mol. The molecule has 0 aliphatic carbocycles. The van der Waals surface area contributed by atoms with Crippen molar-refractivity contribution in [1.29, 1.82) is 5.26 Å². The van der Waals surface area contributed by atoms with Crippen LogP contribution in [0.25, 0.3) is 0 Å².